The van der Waals surface area contributed by atoms with E-state index in [-0.39, 0.29) is 17.4 Å². The van der Waals surface area contributed by atoms with Gasteiger partial charge in [0.05, 0.1) is 6.10 Å². The molecule has 0 aromatic heterocycles. The molecule has 3 saturated heterocycles. The second-order valence-electron chi connectivity index (χ2n) is 12.9. The predicted molar refractivity (Wildman–Crippen MR) is 168 cm³/mol. The van der Waals surface area contributed by atoms with Gasteiger partial charge in [0.25, 0.3) is 5.91 Å². The smallest absolute Gasteiger partial charge is 0.254 e. The molecule has 3 aliphatic heterocycles. The van der Waals surface area contributed by atoms with Crippen LogP contribution in [0, 0.1) is 0 Å². The Kier molecular flexibility index (Phi) is 8.64. The molecule has 0 N–H and O–H groups in total. The first-order valence-electron chi connectivity index (χ1n) is 16.0. The van der Waals surface area contributed by atoms with E-state index in [2.05, 4.69) is 57.2 Å². The summed E-state index contributed by atoms with van der Waals surface area (Å²) in [4.78, 5) is 21.3. The number of carbonyl (C=O) groups is 1. The maximum atomic E-state index is 13.8. The molecule has 1 unspecified atom stereocenters. The summed E-state index contributed by atoms with van der Waals surface area (Å²) in [6, 6.07) is 24.1. The van der Waals surface area contributed by atoms with Crippen LogP contribution in [0.5, 0.6) is 5.75 Å². The summed E-state index contributed by atoms with van der Waals surface area (Å²) in [6.07, 6.45) is 8.91. The first-order chi connectivity index (χ1) is 20.0. The molecule has 3 aromatic carbocycles. The van der Waals surface area contributed by atoms with Gasteiger partial charge >= 0.3 is 0 Å². The number of benzene rings is 3. The molecule has 1 amide bonds. The molecule has 3 heterocycles. The standard InChI is InChI=1S/C36H47N3O2/c1-28(2)41-34-12-8-11-31(26-34)35(40)39-24-18-36(27-39,32-14-13-29-9-4-5-10-30(29)25-32)17-23-37-21-15-33(16-22-37)38-19-6-3-7-20-38/h4-5,8-14,25-26,28,33H,3,6-7,15-24,27H2,1-2H3. The zero-order valence-electron chi connectivity index (χ0n) is 25.1. The number of rotatable bonds is 8. The molecule has 1 atom stereocenters. The second-order valence-corrected chi connectivity index (χ2v) is 12.9. The molecule has 0 bridgehead atoms. The Morgan fingerprint density at radius 1 is 0.878 bits per heavy atom. The molecule has 41 heavy (non-hydrogen) atoms. The van der Waals surface area contributed by atoms with E-state index in [0.29, 0.717) is 0 Å². The lowest BCUT2D eigenvalue weighted by molar-refractivity contribution is 0.0771. The van der Waals surface area contributed by atoms with Gasteiger partial charge in [0, 0.05) is 30.1 Å². The number of hydrogen-bond acceptors (Lipinski definition) is 4. The first-order valence-corrected chi connectivity index (χ1v) is 16.0. The van der Waals surface area contributed by atoms with Gasteiger partial charge in [-0.25, -0.2) is 0 Å². The Balaban J connectivity index is 1.18. The Morgan fingerprint density at radius 2 is 1.66 bits per heavy atom. The van der Waals surface area contributed by atoms with Crippen LogP contribution in [0.15, 0.2) is 66.7 Å². The molecular formula is C36H47N3O2. The summed E-state index contributed by atoms with van der Waals surface area (Å²) in [5, 5.41) is 2.56. The first kappa shape index (κ1) is 28.2. The summed E-state index contributed by atoms with van der Waals surface area (Å²) >= 11 is 0. The number of piperidine rings is 2. The van der Waals surface area contributed by atoms with Crippen LogP contribution in [0.25, 0.3) is 10.8 Å². The minimum absolute atomic E-state index is 0.0323. The van der Waals surface area contributed by atoms with E-state index in [1.165, 1.54) is 74.6 Å². The van der Waals surface area contributed by atoms with Crippen LogP contribution in [0.2, 0.25) is 0 Å². The van der Waals surface area contributed by atoms with Crippen molar-refractivity contribution in [2.24, 2.45) is 0 Å². The van der Waals surface area contributed by atoms with Crippen LogP contribution in [0.1, 0.15) is 74.7 Å². The maximum absolute atomic E-state index is 13.8. The van der Waals surface area contributed by atoms with Crippen LogP contribution in [-0.4, -0.2) is 78.6 Å². The van der Waals surface area contributed by atoms with E-state index < -0.39 is 0 Å². The quantitative estimate of drug-likeness (QED) is 0.309. The Morgan fingerprint density at radius 3 is 2.44 bits per heavy atom. The Hall–Kier alpha value is -2.89. The average molecular weight is 554 g/mol. The van der Waals surface area contributed by atoms with Crippen molar-refractivity contribution in [3.63, 3.8) is 0 Å². The largest absolute Gasteiger partial charge is 0.491 e. The Labute approximate surface area is 246 Å². The van der Waals surface area contributed by atoms with Crippen LogP contribution < -0.4 is 4.74 Å². The molecule has 218 valence electrons. The van der Waals surface area contributed by atoms with Crippen molar-refractivity contribution >= 4 is 16.7 Å². The van der Waals surface area contributed by atoms with Gasteiger partial charge in [0.1, 0.15) is 5.75 Å². The van der Waals surface area contributed by atoms with Crippen molar-refractivity contribution in [2.45, 2.75) is 76.4 Å². The lowest BCUT2D eigenvalue weighted by Crippen LogP contribution is -2.47. The van der Waals surface area contributed by atoms with Crippen LogP contribution in [0.4, 0.5) is 0 Å². The van der Waals surface area contributed by atoms with Crippen molar-refractivity contribution in [2.75, 3.05) is 45.8 Å². The monoisotopic (exact) mass is 553 g/mol. The van der Waals surface area contributed by atoms with E-state index in [1.54, 1.807) is 0 Å². The molecule has 0 saturated carbocycles. The lowest BCUT2D eigenvalue weighted by atomic mass is 9.76. The summed E-state index contributed by atoms with van der Waals surface area (Å²) in [6.45, 7) is 11.7. The van der Waals surface area contributed by atoms with Crippen molar-refractivity contribution in [1.82, 2.24) is 14.7 Å². The summed E-state index contributed by atoms with van der Waals surface area (Å²) < 4.78 is 5.89. The van der Waals surface area contributed by atoms with E-state index in [0.717, 1.165) is 49.8 Å². The van der Waals surface area contributed by atoms with Gasteiger partial charge in [0.15, 0.2) is 0 Å². The molecule has 3 aliphatic rings. The van der Waals surface area contributed by atoms with Crippen LogP contribution in [0.3, 0.4) is 0 Å². The number of nitrogens with zero attached hydrogens (tertiary/aromatic N) is 3. The number of amides is 1. The van der Waals surface area contributed by atoms with Gasteiger partial charge < -0.3 is 19.4 Å². The van der Waals surface area contributed by atoms with Gasteiger partial charge in [0.2, 0.25) is 0 Å². The molecule has 3 aromatic rings. The number of carbonyl (C=O) groups excluding carboxylic acids is 1. The highest BCUT2D eigenvalue weighted by atomic mass is 16.5. The third-order valence-electron chi connectivity index (χ3n) is 9.83. The zero-order valence-corrected chi connectivity index (χ0v) is 25.1. The van der Waals surface area contributed by atoms with Gasteiger partial charge in [-0.2, -0.15) is 0 Å². The molecule has 0 spiro atoms. The molecular weight excluding hydrogens is 506 g/mol. The minimum Gasteiger partial charge on any atom is -0.491 e. The molecule has 6 rings (SSSR count). The van der Waals surface area contributed by atoms with Crippen molar-refractivity contribution in [3.05, 3.63) is 77.9 Å². The fraction of sp³-hybridized carbons (Fsp3) is 0.528. The third-order valence-corrected chi connectivity index (χ3v) is 9.83. The highest BCUT2D eigenvalue weighted by Crippen LogP contribution is 2.40. The number of ether oxygens (including phenoxy) is 1. The molecule has 0 radical (unpaired) electrons. The zero-order chi connectivity index (χ0) is 28.2. The summed E-state index contributed by atoms with van der Waals surface area (Å²) in [7, 11) is 0. The fourth-order valence-electron chi connectivity index (χ4n) is 7.47. The molecule has 5 nitrogen and oxygen atoms in total. The van der Waals surface area contributed by atoms with E-state index in [1.807, 2.05) is 38.1 Å². The lowest BCUT2D eigenvalue weighted by Gasteiger charge is -2.41. The van der Waals surface area contributed by atoms with Crippen molar-refractivity contribution in [1.29, 1.82) is 0 Å². The number of likely N-dealkylation sites (tertiary alicyclic amines) is 3. The predicted octanol–water partition coefficient (Wildman–Crippen LogP) is 6.75. The summed E-state index contributed by atoms with van der Waals surface area (Å²) in [5.74, 6) is 0.878. The maximum Gasteiger partial charge on any atom is 0.254 e. The van der Waals surface area contributed by atoms with Gasteiger partial charge in [-0.15, -0.1) is 0 Å². The topological polar surface area (TPSA) is 36.0 Å². The molecule has 0 aliphatic carbocycles. The van der Waals surface area contributed by atoms with Gasteiger partial charge in [-0.3, -0.25) is 4.79 Å². The average Bonchev–Trinajstić information content (AvgIpc) is 3.45. The van der Waals surface area contributed by atoms with Crippen molar-refractivity contribution in [3.8, 4) is 5.75 Å². The highest BCUT2D eigenvalue weighted by Gasteiger charge is 2.42. The van der Waals surface area contributed by atoms with E-state index in [9.17, 15) is 4.79 Å². The van der Waals surface area contributed by atoms with E-state index in [4.69, 9.17) is 4.74 Å². The highest BCUT2D eigenvalue weighted by molar-refractivity contribution is 5.95. The molecule has 5 heteroatoms. The van der Waals surface area contributed by atoms with Crippen molar-refractivity contribution < 1.29 is 9.53 Å². The minimum atomic E-state index is -0.0323. The SMILES string of the molecule is CC(C)Oc1cccc(C(=O)N2CCC(CCN3CCC(N4CCCCC4)CC3)(c3ccc4ccccc4c3)C2)c1. The third kappa shape index (κ3) is 6.47. The Bertz CT molecular complexity index is 1330. The number of hydrogen-bond donors (Lipinski definition) is 0. The number of fused-ring (bicyclic) bond motifs is 1. The molecule has 3 fully saturated rings. The van der Waals surface area contributed by atoms with Crippen LogP contribution in [-0.2, 0) is 5.41 Å². The van der Waals surface area contributed by atoms with Gasteiger partial charge in [-0.05, 0) is 120 Å². The van der Waals surface area contributed by atoms with Crippen LogP contribution >= 0.6 is 0 Å². The van der Waals surface area contributed by atoms with Gasteiger partial charge in [-0.1, -0.05) is 55.0 Å². The normalized spacial score (nSPS) is 23.0. The van der Waals surface area contributed by atoms with E-state index >= 15 is 0 Å². The fourth-order valence-corrected chi connectivity index (χ4v) is 7.47. The second kappa shape index (κ2) is 12.5. The summed E-state index contributed by atoms with van der Waals surface area (Å²) in [5.41, 5.74) is 2.07.